The fraction of sp³-hybridized carbons (Fsp3) is 0.400. The van der Waals surface area contributed by atoms with E-state index in [1.54, 1.807) is 11.0 Å². The van der Waals surface area contributed by atoms with E-state index >= 15 is 0 Å². The number of carbonyl (C=O) groups excluding carboxylic acids is 1. The Kier molecular flexibility index (Phi) is 5.91. The lowest BCUT2D eigenvalue weighted by Crippen LogP contribution is -2.43. The second kappa shape index (κ2) is 8.14. The van der Waals surface area contributed by atoms with E-state index in [2.05, 4.69) is 20.7 Å². The van der Waals surface area contributed by atoms with Crippen LogP contribution in [0.25, 0.3) is 0 Å². The second-order valence-electron chi connectivity index (χ2n) is 5.02. The van der Waals surface area contributed by atoms with Gasteiger partial charge in [0.05, 0.1) is 19.2 Å². The number of aromatic nitrogens is 3. The van der Waals surface area contributed by atoms with Crippen molar-refractivity contribution < 1.29 is 9.90 Å². The van der Waals surface area contributed by atoms with Crippen LogP contribution >= 0.6 is 0 Å². The molecule has 0 saturated carbocycles. The quantitative estimate of drug-likeness (QED) is 0.708. The molecule has 0 bridgehead atoms. The third-order valence-corrected chi connectivity index (χ3v) is 3.34. The van der Waals surface area contributed by atoms with Crippen molar-refractivity contribution in [2.75, 3.05) is 6.61 Å². The van der Waals surface area contributed by atoms with E-state index in [4.69, 9.17) is 5.11 Å². The minimum absolute atomic E-state index is 0.0547. The van der Waals surface area contributed by atoms with Crippen LogP contribution in [0.2, 0.25) is 0 Å². The molecule has 1 aromatic carbocycles. The molecule has 7 heteroatoms. The number of aliphatic hydroxyl groups excluding tert-OH is 1. The van der Waals surface area contributed by atoms with E-state index in [-0.39, 0.29) is 18.7 Å². The Balaban J connectivity index is 1.80. The summed E-state index contributed by atoms with van der Waals surface area (Å²) in [5.41, 5.74) is 2.12. The van der Waals surface area contributed by atoms with Gasteiger partial charge < -0.3 is 15.7 Å². The standard InChI is InChI=1S/C15H21N5O2/c1-2-14(9-21)19-15(22)17-7-12-3-5-13(6-4-12)8-20-11-16-10-18-20/h3-6,10-11,14,21H,2,7-9H2,1H3,(H2,17,19,22)/t14-/m1/s1. The number of amides is 2. The Morgan fingerprint density at radius 3 is 2.64 bits per heavy atom. The number of hydrogen-bond donors (Lipinski definition) is 3. The molecule has 0 saturated heterocycles. The van der Waals surface area contributed by atoms with Gasteiger partial charge in [-0.05, 0) is 17.5 Å². The monoisotopic (exact) mass is 303 g/mol. The predicted octanol–water partition coefficient (Wildman–Crippen LogP) is 0.896. The third-order valence-electron chi connectivity index (χ3n) is 3.34. The number of nitrogens with zero attached hydrogens (tertiary/aromatic N) is 3. The lowest BCUT2D eigenvalue weighted by atomic mass is 10.1. The second-order valence-corrected chi connectivity index (χ2v) is 5.02. The summed E-state index contributed by atoms with van der Waals surface area (Å²) in [7, 11) is 0. The van der Waals surface area contributed by atoms with Crippen molar-refractivity contribution in [2.45, 2.75) is 32.5 Å². The van der Waals surface area contributed by atoms with Crippen LogP contribution in [-0.4, -0.2) is 38.6 Å². The maximum Gasteiger partial charge on any atom is 0.315 e. The van der Waals surface area contributed by atoms with Crippen molar-refractivity contribution >= 4 is 6.03 Å². The Bertz CT molecular complexity index is 564. The van der Waals surface area contributed by atoms with Crippen LogP contribution in [0.4, 0.5) is 4.79 Å². The fourth-order valence-corrected chi connectivity index (χ4v) is 1.96. The Labute approximate surface area is 129 Å². The van der Waals surface area contributed by atoms with Crippen molar-refractivity contribution in [3.05, 3.63) is 48.0 Å². The SMILES string of the molecule is CC[C@H](CO)NC(=O)NCc1ccc(Cn2cncn2)cc1. The Hall–Kier alpha value is -2.41. The van der Waals surface area contributed by atoms with Crippen LogP contribution < -0.4 is 10.6 Å². The molecule has 0 unspecified atom stereocenters. The summed E-state index contributed by atoms with van der Waals surface area (Å²) in [4.78, 5) is 15.6. The van der Waals surface area contributed by atoms with Crippen molar-refractivity contribution in [3.8, 4) is 0 Å². The highest BCUT2D eigenvalue weighted by Crippen LogP contribution is 2.05. The maximum absolute atomic E-state index is 11.7. The molecule has 2 amide bonds. The van der Waals surface area contributed by atoms with Gasteiger partial charge in [0.25, 0.3) is 0 Å². The summed E-state index contributed by atoms with van der Waals surface area (Å²) in [5, 5.41) is 18.6. The number of nitrogens with one attached hydrogen (secondary N) is 2. The van der Waals surface area contributed by atoms with E-state index in [9.17, 15) is 4.79 Å². The molecule has 2 rings (SSSR count). The van der Waals surface area contributed by atoms with Gasteiger partial charge in [-0.25, -0.2) is 14.5 Å². The smallest absolute Gasteiger partial charge is 0.315 e. The molecular formula is C15H21N5O2. The van der Waals surface area contributed by atoms with Crippen LogP contribution in [0.5, 0.6) is 0 Å². The molecular weight excluding hydrogens is 282 g/mol. The number of rotatable bonds is 7. The lowest BCUT2D eigenvalue weighted by Gasteiger charge is -2.14. The van der Waals surface area contributed by atoms with Gasteiger partial charge in [0, 0.05) is 6.54 Å². The van der Waals surface area contributed by atoms with Crippen molar-refractivity contribution in [1.29, 1.82) is 0 Å². The largest absolute Gasteiger partial charge is 0.394 e. The van der Waals surface area contributed by atoms with E-state index in [1.807, 2.05) is 31.2 Å². The van der Waals surface area contributed by atoms with Gasteiger partial charge in [-0.15, -0.1) is 0 Å². The number of benzene rings is 1. The van der Waals surface area contributed by atoms with Crippen LogP contribution in [0, 0.1) is 0 Å². The summed E-state index contributed by atoms with van der Waals surface area (Å²) in [6, 6.07) is 7.46. The Morgan fingerprint density at radius 1 is 1.32 bits per heavy atom. The zero-order valence-corrected chi connectivity index (χ0v) is 12.6. The summed E-state index contributed by atoms with van der Waals surface area (Å²) in [5.74, 6) is 0. The molecule has 0 spiro atoms. The average molecular weight is 303 g/mol. The molecule has 0 aliphatic carbocycles. The first-order valence-electron chi connectivity index (χ1n) is 7.26. The summed E-state index contributed by atoms with van der Waals surface area (Å²) in [6.07, 6.45) is 3.87. The van der Waals surface area contributed by atoms with Crippen molar-refractivity contribution in [2.24, 2.45) is 0 Å². The molecule has 0 aliphatic rings. The fourth-order valence-electron chi connectivity index (χ4n) is 1.96. The van der Waals surface area contributed by atoms with Crippen molar-refractivity contribution in [1.82, 2.24) is 25.4 Å². The number of carbonyl (C=O) groups is 1. The lowest BCUT2D eigenvalue weighted by molar-refractivity contribution is 0.214. The predicted molar refractivity (Wildman–Crippen MR) is 82.1 cm³/mol. The molecule has 3 N–H and O–H groups in total. The van der Waals surface area contributed by atoms with Gasteiger partial charge in [-0.2, -0.15) is 5.10 Å². The van der Waals surface area contributed by atoms with E-state index < -0.39 is 0 Å². The molecule has 1 heterocycles. The van der Waals surface area contributed by atoms with Crippen LogP contribution in [0.1, 0.15) is 24.5 Å². The molecule has 118 valence electrons. The van der Waals surface area contributed by atoms with Gasteiger partial charge in [0.1, 0.15) is 12.7 Å². The van der Waals surface area contributed by atoms with E-state index in [1.165, 1.54) is 6.33 Å². The first-order valence-corrected chi connectivity index (χ1v) is 7.26. The zero-order chi connectivity index (χ0) is 15.8. The zero-order valence-electron chi connectivity index (χ0n) is 12.6. The molecule has 1 atom stereocenters. The highest BCUT2D eigenvalue weighted by atomic mass is 16.3. The maximum atomic E-state index is 11.7. The van der Waals surface area contributed by atoms with Gasteiger partial charge in [-0.1, -0.05) is 31.2 Å². The highest BCUT2D eigenvalue weighted by Gasteiger charge is 2.08. The van der Waals surface area contributed by atoms with Crippen LogP contribution in [0.15, 0.2) is 36.9 Å². The minimum atomic E-state index is -0.271. The topological polar surface area (TPSA) is 92.1 Å². The molecule has 22 heavy (non-hydrogen) atoms. The summed E-state index contributed by atoms with van der Waals surface area (Å²) in [6.45, 7) is 2.97. The molecule has 0 fully saturated rings. The Morgan fingerprint density at radius 2 is 2.05 bits per heavy atom. The first kappa shape index (κ1) is 16.0. The van der Waals surface area contributed by atoms with Gasteiger partial charge in [-0.3, -0.25) is 0 Å². The summed E-state index contributed by atoms with van der Waals surface area (Å²) < 4.78 is 1.75. The summed E-state index contributed by atoms with van der Waals surface area (Å²) >= 11 is 0. The normalized spacial score (nSPS) is 11.9. The molecule has 2 aromatic rings. The number of aliphatic hydroxyl groups is 1. The highest BCUT2D eigenvalue weighted by molar-refractivity contribution is 5.74. The number of hydrogen-bond acceptors (Lipinski definition) is 4. The first-order chi connectivity index (χ1) is 10.7. The minimum Gasteiger partial charge on any atom is -0.394 e. The van der Waals surface area contributed by atoms with Gasteiger partial charge in [0.2, 0.25) is 0 Å². The average Bonchev–Trinajstić information content (AvgIpc) is 3.05. The van der Waals surface area contributed by atoms with Crippen molar-refractivity contribution in [3.63, 3.8) is 0 Å². The number of urea groups is 1. The van der Waals surface area contributed by atoms with Gasteiger partial charge in [0.15, 0.2) is 0 Å². The van der Waals surface area contributed by atoms with Crippen LogP contribution in [0.3, 0.4) is 0 Å². The van der Waals surface area contributed by atoms with E-state index in [0.717, 1.165) is 11.1 Å². The molecule has 0 radical (unpaired) electrons. The molecule has 1 aromatic heterocycles. The molecule has 7 nitrogen and oxygen atoms in total. The third kappa shape index (κ3) is 4.85. The van der Waals surface area contributed by atoms with E-state index in [0.29, 0.717) is 19.5 Å². The molecule has 0 aliphatic heterocycles. The van der Waals surface area contributed by atoms with Gasteiger partial charge >= 0.3 is 6.03 Å². The van der Waals surface area contributed by atoms with Crippen LogP contribution in [-0.2, 0) is 13.1 Å².